The molecule has 1 aromatic carbocycles. The average molecular weight is 263 g/mol. The van der Waals surface area contributed by atoms with E-state index in [2.05, 4.69) is 10.2 Å². The lowest BCUT2D eigenvalue weighted by Crippen LogP contribution is -2.48. The SMILES string of the molecule is CCOc1ccc(C(C(N)=O)N2CCNCC2)cc1. The zero-order valence-electron chi connectivity index (χ0n) is 11.3. The maximum absolute atomic E-state index is 11.7. The van der Waals surface area contributed by atoms with E-state index in [1.165, 1.54) is 0 Å². The summed E-state index contributed by atoms with van der Waals surface area (Å²) in [6.45, 7) is 6.03. The summed E-state index contributed by atoms with van der Waals surface area (Å²) in [5.41, 5.74) is 6.49. The highest BCUT2D eigenvalue weighted by molar-refractivity contribution is 5.81. The topological polar surface area (TPSA) is 67.6 Å². The minimum atomic E-state index is -0.349. The molecule has 0 radical (unpaired) electrons. The van der Waals surface area contributed by atoms with Crippen molar-refractivity contribution in [3.8, 4) is 5.75 Å². The van der Waals surface area contributed by atoms with E-state index < -0.39 is 0 Å². The Bertz CT molecular complexity index is 413. The number of nitrogens with one attached hydrogen (secondary N) is 1. The molecule has 1 amide bonds. The molecule has 104 valence electrons. The van der Waals surface area contributed by atoms with Crippen molar-refractivity contribution >= 4 is 5.91 Å². The van der Waals surface area contributed by atoms with Crippen LogP contribution in [0, 0.1) is 0 Å². The fourth-order valence-corrected chi connectivity index (χ4v) is 2.41. The third kappa shape index (κ3) is 3.45. The van der Waals surface area contributed by atoms with Gasteiger partial charge in [0.05, 0.1) is 6.61 Å². The number of amides is 1. The first-order valence-electron chi connectivity index (χ1n) is 6.69. The number of nitrogens with zero attached hydrogens (tertiary/aromatic N) is 1. The molecule has 0 saturated carbocycles. The van der Waals surface area contributed by atoms with Crippen molar-refractivity contribution in [2.45, 2.75) is 13.0 Å². The van der Waals surface area contributed by atoms with Crippen LogP contribution in [0.1, 0.15) is 18.5 Å². The smallest absolute Gasteiger partial charge is 0.239 e. The van der Waals surface area contributed by atoms with E-state index in [0.717, 1.165) is 37.5 Å². The maximum Gasteiger partial charge on any atom is 0.239 e. The highest BCUT2D eigenvalue weighted by Gasteiger charge is 2.26. The number of primary amides is 1. The minimum Gasteiger partial charge on any atom is -0.494 e. The lowest BCUT2D eigenvalue weighted by atomic mass is 10.0. The summed E-state index contributed by atoms with van der Waals surface area (Å²) in [7, 11) is 0. The number of carbonyl (C=O) groups excluding carboxylic acids is 1. The van der Waals surface area contributed by atoms with Crippen molar-refractivity contribution in [3.05, 3.63) is 29.8 Å². The number of benzene rings is 1. The lowest BCUT2D eigenvalue weighted by molar-refractivity contribution is -0.123. The Kier molecular flexibility index (Phi) is 4.76. The van der Waals surface area contributed by atoms with Crippen LogP contribution in [0.2, 0.25) is 0 Å². The first-order chi connectivity index (χ1) is 9.22. The zero-order chi connectivity index (χ0) is 13.7. The van der Waals surface area contributed by atoms with E-state index in [4.69, 9.17) is 10.5 Å². The minimum absolute atomic E-state index is 0.300. The van der Waals surface area contributed by atoms with Gasteiger partial charge in [0.15, 0.2) is 0 Å². The largest absolute Gasteiger partial charge is 0.494 e. The van der Waals surface area contributed by atoms with Gasteiger partial charge in [-0.05, 0) is 24.6 Å². The highest BCUT2D eigenvalue weighted by atomic mass is 16.5. The van der Waals surface area contributed by atoms with Crippen LogP contribution < -0.4 is 15.8 Å². The number of rotatable bonds is 5. The van der Waals surface area contributed by atoms with Crippen LogP contribution in [0.5, 0.6) is 5.75 Å². The van der Waals surface area contributed by atoms with Gasteiger partial charge in [-0.25, -0.2) is 0 Å². The van der Waals surface area contributed by atoms with Crippen LogP contribution in [0.3, 0.4) is 0 Å². The Morgan fingerprint density at radius 2 is 2.00 bits per heavy atom. The summed E-state index contributed by atoms with van der Waals surface area (Å²) >= 11 is 0. The number of hydrogen-bond acceptors (Lipinski definition) is 4. The Hall–Kier alpha value is -1.59. The quantitative estimate of drug-likeness (QED) is 0.812. The number of carbonyl (C=O) groups is 1. The molecule has 0 aliphatic carbocycles. The van der Waals surface area contributed by atoms with Crippen LogP contribution in [0.15, 0.2) is 24.3 Å². The predicted molar refractivity (Wildman–Crippen MR) is 74.0 cm³/mol. The van der Waals surface area contributed by atoms with Crippen molar-refractivity contribution in [2.24, 2.45) is 5.73 Å². The highest BCUT2D eigenvalue weighted by Crippen LogP contribution is 2.23. The van der Waals surface area contributed by atoms with Crippen molar-refractivity contribution in [2.75, 3.05) is 32.8 Å². The third-order valence-corrected chi connectivity index (χ3v) is 3.29. The second-order valence-corrected chi connectivity index (χ2v) is 4.59. The second-order valence-electron chi connectivity index (χ2n) is 4.59. The summed E-state index contributed by atoms with van der Waals surface area (Å²) in [5, 5.41) is 3.27. The van der Waals surface area contributed by atoms with Crippen LogP contribution in [-0.4, -0.2) is 43.6 Å². The van der Waals surface area contributed by atoms with E-state index in [9.17, 15) is 4.79 Å². The molecular weight excluding hydrogens is 242 g/mol. The molecule has 0 bridgehead atoms. The molecule has 1 fully saturated rings. The number of hydrogen-bond donors (Lipinski definition) is 2. The molecule has 1 saturated heterocycles. The van der Waals surface area contributed by atoms with Crippen LogP contribution in [0.25, 0.3) is 0 Å². The predicted octanol–water partition coefficient (Wildman–Crippen LogP) is 0.517. The molecule has 0 spiro atoms. The van der Waals surface area contributed by atoms with Crippen molar-refractivity contribution < 1.29 is 9.53 Å². The molecule has 5 heteroatoms. The molecule has 1 aliphatic heterocycles. The Morgan fingerprint density at radius 3 is 2.53 bits per heavy atom. The van der Waals surface area contributed by atoms with Crippen LogP contribution in [-0.2, 0) is 4.79 Å². The monoisotopic (exact) mass is 263 g/mol. The third-order valence-electron chi connectivity index (χ3n) is 3.29. The lowest BCUT2D eigenvalue weighted by Gasteiger charge is -2.33. The van der Waals surface area contributed by atoms with Gasteiger partial charge in [0.2, 0.25) is 5.91 Å². The molecule has 0 aromatic heterocycles. The van der Waals surface area contributed by atoms with Gasteiger partial charge in [0.1, 0.15) is 11.8 Å². The molecule has 19 heavy (non-hydrogen) atoms. The molecule has 2 rings (SSSR count). The second kappa shape index (κ2) is 6.54. The van der Waals surface area contributed by atoms with Crippen LogP contribution >= 0.6 is 0 Å². The molecule has 1 heterocycles. The number of piperazine rings is 1. The Balaban J connectivity index is 2.15. The van der Waals surface area contributed by atoms with Crippen molar-refractivity contribution in [1.29, 1.82) is 0 Å². The molecule has 1 aliphatic rings. The average Bonchev–Trinajstić information content (AvgIpc) is 2.42. The van der Waals surface area contributed by atoms with Gasteiger partial charge in [-0.3, -0.25) is 9.69 Å². The number of ether oxygens (including phenoxy) is 1. The van der Waals surface area contributed by atoms with Gasteiger partial charge < -0.3 is 15.8 Å². The van der Waals surface area contributed by atoms with E-state index in [-0.39, 0.29) is 11.9 Å². The molecule has 1 atom stereocenters. The summed E-state index contributed by atoms with van der Waals surface area (Å²) in [5.74, 6) is 0.515. The van der Waals surface area contributed by atoms with E-state index in [0.29, 0.717) is 6.61 Å². The van der Waals surface area contributed by atoms with E-state index >= 15 is 0 Å². The van der Waals surface area contributed by atoms with E-state index in [1.807, 2.05) is 31.2 Å². The van der Waals surface area contributed by atoms with Crippen molar-refractivity contribution in [3.63, 3.8) is 0 Å². The molecule has 5 nitrogen and oxygen atoms in total. The molecule has 1 aromatic rings. The summed E-state index contributed by atoms with van der Waals surface area (Å²) in [6.07, 6.45) is 0. The summed E-state index contributed by atoms with van der Waals surface area (Å²) < 4.78 is 5.41. The number of nitrogens with two attached hydrogens (primary N) is 1. The van der Waals surface area contributed by atoms with Gasteiger partial charge in [-0.1, -0.05) is 12.1 Å². The van der Waals surface area contributed by atoms with Gasteiger partial charge in [0, 0.05) is 26.2 Å². The fraction of sp³-hybridized carbons (Fsp3) is 0.500. The van der Waals surface area contributed by atoms with E-state index in [1.54, 1.807) is 0 Å². The fourth-order valence-electron chi connectivity index (χ4n) is 2.41. The Morgan fingerprint density at radius 1 is 1.37 bits per heavy atom. The standard InChI is InChI=1S/C14H21N3O2/c1-2-19-12-5-3-11(4-6-12)13(14(15)18)17-9-7-16-8-10-17/h3-6,13,16H,2,7-10H2,1H3,(H2,15,18). The van der Waals surface area contributed by atoms with Crippen molar-refractivity contribution in [1.82, 2.24) is 10.2 Å². The van der Waals surface area contributed by atoms with Gasteiger partial charge in [-0.15, -0.1) is 0 Å². The Labute approximate surface area is 113 Å². The van der Waals surface area contributed by atoms with Gasteiger partial charge >= 0.3 is 0 Å². The normalized spacial score (nSPS) is 17.9. The molecule has 3 N–H and O–H groups in total. The molecular formula is C14H21N3O2. The maximum atomic E-state index is 11.7. The summed E-state index contributed by atoms with van der Waals surface area (Å²) in [4.78, 5) is 13.9. The first kappa shape index (κ1) is 13.8. The summed E-state index contributed by atoms with van der Waals surface area (Å²) in [6, 6.07) is 7.26. The van der Waals surface area contributed by atoms with Gasteiger partial charge in [0.25, 0.3) is 0 Å². The molecule has 1 unspecified atom stereocenters. The zero-order valence-corrected chi connectivity index (χ0v) is 11.3. The van der Waals surface area contributed by atoms with Gasteiger partial charge in [-0.2, -0.15) is 0 Å². The van der Waals surface area contributed by atoms with Crippen LogP contribution in [0.4, 0.5) is 0 Å². The first-order valence-corrected chi connectivity index (χ1v) is 6.69.